The molecule has 0 fully saturated rings. The summed E-state index contributed by atoms with van der Waals surface area (Å²) in [5.41, 5.74) is 2.99. The lowest BCUT2D eigenvalue weighted by Crippen LogP contribution is -2.21. The highest BCUT2D eigenvalue weighted by atomic mass is 16.1. The van der Waals surface area contributed by atoms with Gasteiger partial charge in [0.25, 0.3) is 5.56 Å². The zero-order valence-corrected chi connectivity index (χ0v) is 12.9. The Morgan fingerprint density at radius 2 is 1.81 bits per heavy atom. The van der Waals surface area contributed by atoms with E-state index in [2.05, 4.69) is 19.9 Å². The van der Waals surface area contributed by atoms with Crippen molar-refractivity contribution in [3.8, 4) is 5.69 Å². The fraction of sp³-hybridized carbons (Fsp3) is 0.316. The van der Waals surface area contributed by atoms with Crippen LogP contribution in [0.1, 0.15) is 45.1 Å². The van der Waals surface area contributed by atoms with E-state index in [0.717, 1.165) is 36.9 Å². The molecule has 0 radical (unpaired) electrons. The van der Waals surface area contributed by atoms with Crippen LogP contribution in [-0.4, -0.2) is 4.57 Å². The van der Waals surface area contributed by atoms with Gasteiger partial charge in [-0.25, -0.2) is 0 Å². The number of unbranched alkanes of at least 4 members (excludes halogenated alkanes) is 1. The van der Waals surface area contributed by atoms with E-state index in [1.54, 1.807) is 4.57 Å². The molecule has 2 heteroatoms. The molecular formula is C19H23NO. The molecule has 0 atom stereocenters. The van der Waals surface area contributed by atoms with Gasteiger partial charge in [-0.1, -0.05) is 51.0 Å². The number of pyridine rings is 1. The van der Waals surface area contributed by atoms with Gasteiger partial charge in [0.2, 0.25) is 0 Å². The molecule has 2 nitrogen and oxygen atoms in total. The molecule has 2 rings (SSSR count). The third-order valence-corrected chi connectivity index (χ3v) is 3.53. The van der Waals surface area contributed by atoms with E-state index >= 15 is 0 Å². The molecule has 1 aromatic carbocycles. The number of para-hydroxylation sites is 1. The number of allylic oxidation sites excluding steroid dienone is 2. The van der Waals surface area contributed by atoms with Crippen LogP contribution in [0, 0.1) is 0 Å². The summed E-state index contributed by atoms with van der Waals surface area (Å²) in [6.07, 6.45) is 8.19. The van der Waals surface area contributed by atoms with Crippen LogP contribution in [0.3, 0.4) is 0 Å². The maximum Gasteiger partial charge on any atom is 0.262 e. The van der Waals surface area contributed by atoms with Crippen molar-refractivity contribution in [1.82, 2.24) is 4.57 Å². The third kappa shape index (κ3) is 3.72. The Balaban J connectivity index is 2.48. The van der Waals surface area contributed by atoms with Crippen LogP contribution in [0.15, 0.2) is 59.5 Å². The van der Waals surface area contributed by atoms with Crippen LogP contribution in [0.4, 0.5) is 0 Å². The molecule has 0 spiro atoms. The highest BCUT2D eigenvalue weighted by Crippen LogP contribution is 2.18. The smallest absolute Gasteiger partial charge is 0.262 e. The molecule has 1 aromatic heterocycles. The quantitative estimate of drug-likeness (QED) is 0.744. The van der Waals surface area contributed by atoms with Gasteiger partial charge >= 0.3 is 0 Å². The summed E-state index contributed by atoms with van der Waals surface area (Å²) < 4.78 is 1.73. The van der Waals surface area contributed by atoms with Crippen LogP contribution in [0.5, 0.6) is 0 Å². The Morgan fingerprint density at radius 3 is 2.48 bits per heavy atom. The minimum absolute atomic E-state index is 0.0690. The van der Waals surface area contributed by atoms with Gasteiger partial charge in [0, 0.05) is 17.4 Å². The van der Waals surface area contributed by atoms with Gasteiger partial charge in [0.15, 0.2) is 0 Å². The average molecular weight is 281 g/mol. The predicted octanol–water partition coefficient (Wildman–Crippen LogP) is 4.82. The third-order valence-electron chi connectivity index (χ3n) is 3.53. The van der Waals surface area contributed by atoms with Gasteiger partial charge in [0.1, 0.15) is 0 Å². The lowest BCUT2D eigenvalue weighted by Gasteiger charge is -2.10. The Morgan fingerprint density at radius 1 is 1.05 bits per heavy atom. The molecule has 110 valence electrons. The number of benzene rings is 1. The maximum atomic E-state index is 12.8. The Bertz CT molecular complexity index is 653. The maximum absolute atomic E-state index is 12.8. The molecule has 0 amide bonds. The zero-order valence-electron chi connectivity index (χ0n) is 12.9. The molecule has 0 N–H and O–H groups in total. The fourth-order valence-corrected chi connectivity index (χ4v) is 2.46. The van der Waals surface area contributed by atoms with E-state index in [-0.39, 0.29) is 5.56 Å². The van der Waals surface area contributed by atoms with E-state index in [1.165, 1.54) is 5.57 Å². The molecule has 21 heavy (non-hydrogen) atoms. The van der Waals surface area contributed by atoms with Gasteiger partial charge in [-0.05, 0) is 42.7 Å². The minimum atomic E-state index is 0.0690. The van der Waals surface area contributed by atoms with E-state index < -0.39 is 0 Å². The Hall–Kier alpha value is -2.09. The van der Waals surface area contributed by atoms with Crippen molar-refractivity contribution in [3.63, 3.8) is 0 Å². The number of aromatic nitrogens is 1. The highest BCUT2D eigenvalue weighted by Gasteiger charge is 2.08. The molecule has 0 aliphatic rings. The molecule has 0 saturated carbocycles. The monoisotopic (exact) mass is 281 g/mol. The van der Waals surface area contributed by atoms with Crippen LogP contribution >= 0.6 is 0 Å². The zero-order chi connectivity index (χ0) is 15.1. The first-order chi connectivity index (χ1) is 10.3. The molecule has 0 saturated heterocycles. The summed E-state index contributed by atoms with van der Waals surface area (Å²) in [4.78, 5) is 12.8. The summed E-state index contributed by atoms with van der Waals surface area (Å²) in [7, 11) is 0. The van der Waals surface area contributed by atoms with Crippen LogP contribution in [-0.2, 0) is 0 Å². The molecule has 0 aliphatic carbocycles. The number of rotatable bonds is 6. The SMILES string of the molecule is CCCC=C(CCC)c1cccn(-c2ccccc2)c1=O. The van der Waals surface area contributed by atoms with Crippen LogP contribution in [0.2, 0.25) is 0 Å². The van der Waals surface area contributed by atoms with Crippen molar-refractivity contribution >= 4 is 5.57 Å². The van der Waals surface area contributed by atoms with Crippen molar-refractivity contribution in [2.75, 3.05) is 0 Å². The second-order valence-corrected chi connectivity index (χ2v) is 5.20. The van der Waals surface area contributed by atoms with Gasteiger partial charge in [-0.2, -0.15) is 0 Å². The van der Waals surface area contributed by atoms with E-state index in [0.29, 0.717) is 0 Å². The van der Waals surface area contributed by atoms with Gasteiger partial charge < -0.3 is 0 Å². The summed E-state index contributed by atoms with van der Waals surface area (Å²) in [5, 5.41) is 0. The first kappa shape index (κ1) is 15.3. The van der Waals surface area contributed by atoms with Gasteiger partial charge in [0.05, 0.1) is 0 Å². The van der Waals surface area contributed by atoms with E-state index in [9.17, 15) is 4.79 Å². The number of hydrogen-bond donors (Lipinski definition) is 0. The summed E-state index contributed by atoms with van der Waals surface area (Å²) in [6.45, 7) is 4.31. The minimum Gasteiger partial charge on any atom is -0.284 e. The number of hydrogen-bond acceptors (Lipinski definition) is 1. The second kappa shape index (κ2) is 7.63. The molecular weight excluding hydrogens is 258 g/mol. The molecule has 0 unspecified atom stereocenters. The van der Waals surface area contributed by atoms with Crippen LogP contribution < -0.4 is 5.56 Å². The van der Waals surface area contributed by atoms with Crippen LogP contribution in [0.25, 0.3) is 11.3 Å². The lowest BCUT2D eigenvalue weighted by atomic mass is 10.0. The first-order valence-electron chi connectivity index (χ1n) is 7.74. The van der Waals surface area contributed by atoms with Crippen molar-refractivity contribution in [3.05, 3.63) is 70.7 Å². The summed E-state index contributed by atoms with van der Waals surface area (Å²) >= 11 is 0. The predicted molar refractivity (Wildman–Crippen MR) is 89.8 cm³/mol. The average Bonchev–Trinajstić information content (AvgIpc) is 2.53. The first-order valence-corrected chi connectivity index (χ1v) is 7.74. The summed E-state index contributed by atoms with van der Waals surface area (Å²) in [5.74, 6) is 0. The molecule has 0 bridgehead atoms. The second-order valence-electron chi connectivity index (χ2n) is 5.20. The fourth-order valence-electron chi connectivity index (χ4n) is 2.46. The molecule has 2 aromatic rings. The largest absolute Gasteiger partial charge is 0.284 e. The Kier molecular flexibility index (Phi) is 5.56. The van der Waals surface area contributed by atoms with Crippen molar-refractivity contribution in [1.29, 1.82) is 0 Å². The summed E-state index contributed by atoms with van der Waals surface area (Å²) in [6, 6.07) is 13.7. The highest BCUT2D eigenvalue weighted by molar-refractivity contribution is 5.65. The van der Waals surface area contributed by atoms with Crippen molar-refractivity contribution in [2.45, 2.75) is 39.5 Å². The van der Waals surface area contributed by atoms with Crippen molar-refractivity contribution in [2.24, 2.45) is 0 Å². The Labute approximate surface area is 126 Å². The number of nitrogens with zero attached hydrogens (tertiary/aromatic N) is 1. The topological polar surface area (TPSA) is 22.0 Å². The van der Waals surface area contributed by atoms with Gasteiger partial charge in [-0.15, -0.1) is 0 Å². The normalized spacial score (nSPS) is 11.6. The van der Waals surface area contributed by atoms with E-state index in [4.69, 9.17) is 0 Å². The standard InChI is InChI=1S/C19H23NO/c1-3-5-11-16(10-4-2)18-14-9-15-20(19(18)21)17-12-7-6-8-13-17/h6-9,11-15H,3-5,10H2,1-2H3. The lowest BCUT2D eigenvalue weighted by molar-refractivity contribution is 0.921. The van der Waals surface area contributed by atoms with Gasteiger partial charge in [-0.3, -0.25) is 9.36 Å². The molecule has 1 heterocycles. The van der Waals surface area contributed by atoms with Crippen molar-refractivity contribution < 1.29 is 0 Å². The van der Waals surface area contributed by atoms with E-state index in [1.807, 2.05) is 48.7 Å². The molecule has 0 aliphatic heterocycles.